The molecule has 0 spiro atoms. The first-order valence-electron chi connectivity index (χ1n) is 8.00. The summed E-state index contributed by atoms with van der Waals surface area (Å²) in [6.45, 7) is 6.07. The monoisotopic (exact) mass is 342 g/mol. The molecule has 0 amide bonds. The van der Waals surface area contributed by atoms with E-state index in [1.165, 1.54) is 11.1 Å². The zero-order valence-corrected chi connectivity index (χ0v) is 15.1. The number of nitrogens with zero attached hydrogens (tertiary/aromatic N) is 1. The fourth-order valence-corrected chi connectivity index (χ4v) is 2.98. The number of nitrogens with one attached hydrogen (secondary N) is 1. The van der Waals surface area contributed by atoms with E-state index in [1.54, 1.807) is 0 Å². The van der Waals surface area contributed by atoms with Crippen molar-refractivity contribution in [2.75, 3.05) is 25.6 Å². The molecule has 1 aliphatic rings. The number of rotatable bonds is 3. The largest absolute Gasteiger partial charge is 0.486 e. The van der Waals surface area contributed by atoms with Gasteiger partial charge in [0.15, 0.2) is 16.6 Å². The van der Waals surface area contributed by atoms with Gasteiger partial charge in [0, 0.05) is 19.3 Å². The van der Waals surface area contributed by atoms with E-state index in [0.717, 1.165) is 22.7 Å². The second-order valence-electron chi connectivity index (χ2n) is 6.14. The van der Waals surface area contributed by atoms with Crippen molar-refractivity contribution in [3.05, 3.63) is 53.1 Å². The van der Waals surface area contributed by atoms with Gasteiger partial charge in [0.1, 0.15) is 13.2 Å². The molecule has 0 atom stereocenters. The van der Waals surface area contributed by atoms with Crippen LogP contribution in [0.2, 0.25) is 0 Å². The third kappa shape index (κ3) is 3.97. The van der Waals surface area contributed by atoms with Crippen molar-refractivity contribution >= 4 is 23.0 Å². The Bertz CT molecular complexity index is 741. The van der Waals surface area contributed by atoms with Crippen LogP contribution in [0.4, 0.5) is 5.69 Å². The average molecular weight is 342 g/mol. The molecule has 0 bridgehead atoms. The Hall–Kier alpha value is -2.27. The van der Waals surface area contributed by atoms with Gasteiger partial charge in [-0.15, -0.1) is 0 Å². The summed E-state index contributed by atoms with van der Waals surface area (Å²) in [5.74, 6) is 1.61. The van der Waals surface area contributed by atoms with E-state index in [-0.39, 0.29) is 0 Å². The van der Waals surface area contributed by atoms with Gasteiger partial charge in [0.2, 0.25) is 0 Å². The summed E-state index contributed by atoms with van der Waals surface area (Å²) < 4.78 is 11.2. The van der Waals surface area contributed by atoms with Crippen LogP contribution in [-0.4, -0.2) is 30.3 Å². The number of thiocarbonyl (C=S) groups is 1. The first kappa shape index (κ1) is 16.6. The van der Waals surface area contributed by atoms with Crippen molar-refractivity contribution in [2.24, 2.45) is 0 Å². The van der Waals surface area contributed by atoms with Crippen LogP contribution in [0.25, 0.3) is 0 Å². The summed E-state index contributed by atoms with van der Waals surface area (Å²) in [6, 6.07) is 12.4. The molecule has 3 rings (SSSR count). The van der Waals surface area contributed by atoms with Gasteiger partial charge in [0.25, 0.3) is 0 Å². The Kier molecular flexibility index (Phi) is 4.90. The van der Waals surface area contributed by atoms with Crippen LogP contribution in [0.15, 0.2) is 36.4 Å². The van der Waals surface area contributed by atoms with Crippen molar-refractivity contribution in [3.63, 3.8) is 0 Å². The highest BCUT2D eigenvalue weighted by atomic mass is 32.1. The molecule has 0 fully saturated rings. The fraction of sp³-hybridized carbons (Fsp3) is 0.316. The lowest BCUT2D eigenvalue weighted by Crippen LogP contribution is -2.30. The van der Waals surface area contributed by atoms with Gasteiger partial charge >= 0.3 is 0 Å². The second kappa shape index (κ2) is 7.09. The molecular formula is C19H22N2O2S. The Morgan fingerprint density at radius 3 is 2.42 bits per heavy atom. The molecule has 24 heavy (non-hydrogen) atoms. The van der Waals surface area contributed by atoms with Crippen LogP contribution in [0.1, 0.15) is 16.7 Å². The Morgan fingerprint density at radius 1 is 1.04 bits per heavy atom. The number of benzene rings is 2. The highest BCUT2D eigenvalue weighted by Gasteiger charge is 2.13. The fourth-order valence-electron chi connectivity index (χ4n) is 2.80. The summed E-state index contributed by atoms with van der Waals surface area (Å²) in [4.78, 5) is 2.01. The number of ether oxygens (including phenoxy) is 2. The SMILES string of the molecule is Cc1cc(C)cc(NC(=S)N(C)Cc2ccc3c(c2)OCCO3)c1. The highest BCUT2D eigenvalue weighted by molar-refractivity contribution is 7.80. The summed E-state index contributed by atoms with van der Waals surface area (Å²) in [5.41, 5.74) is 4.59. The minimum Gasteiger partial charge on any atom is -0.486 e. The lowest BCUT2D eigenvalue weighted by molar-refractivity contribution is 0.171. The summed E-state index contributed by atoms with van der Waals surface area (Å²) >= 11 is 5.52. The van der Waals surface area contributed by atoms with E-state index in [4.69, 9.17) is 21.7 Å². The second-order valence-corrected chi connectivity index (χ2v) is 6.53. The molecule has 1 heterocycles. The van der Waals surface area contributed by atoms with E-state index in [1.807, 2.05) is 30.1 Å². The third-order valence-corrected chi connectivity index (χ3v) is 4.26. The smallest absolute Gasteiger partial charge is 0.173 e. The van der Waals surface area contributed by atoms with Gasteiger partial charge in [0.05, 0.1) is 0 Å². The molecule has 2 aromatic rings. The van der Waals surface area contributed by atoms with E-state index in [9.17, 15) is 0 Å². The molecule has 0 aromatic heterocycles. The van der Waals surface area contributed by atoms with Crippen LogP contribution in [0, 0.1) is 13.8 Å². The Morgan fingerprint density at radius 2 is 1.71 bits per heavy atom. The van der Waals surface area contributed by atoms with Crippen LogP contribution in [0.3, 0.4) is 0 Å². The zero-order valence-electron chi connectivity index (χ0n) is 14.3. The van der Waals surface area contributed by atoms with Crippen molar-refractivity contribution < 1.29 is 9.47 Å². The molecule has 0 aliphatic carbocycles. The van der Waals surface area contributed by atoms with Gasteiger partial charge in [-0.3, -0.25) is 0 Å². The number of hydrogen-bond donors (Lipinski definition) is 1. The molecule has 5 heteroatoms. The molecule has 2 aromatic carbocycles. The van der Waals surface area contributed by atoms with Gasteiger partial charge in [-0.1, -0.05) is 12.1 Å². The number of anilines is 1. The summed E-state index contributed by atoms with van der Waals surface area (Å²) in [6.07, 6.45) is 0. The summed E-state index contributed by atoms with van der Waals surface area (Å²) in [7, 11) is 1.98. The summed E-state index contributed by atoms with van der Waals surface area (Å²) in [5, 5.41) is 4.00. The van der Waals surface area contributed by atoms with E-state index in [2.05, 4.69) is 37.4 Å². The molecule has 0 saturated carbocycles. The van der Waals surface area contributed by atoms with Gasteiger partial charge < -0.3 is 19.7 Å². The van der Waals surface area contributed by atoms with Gasteiger partial charge in [-0.2, -0.15) is 0 Å². The quantitative estimate of drug-likeness (QED) is 0.856. The lowest BCUT2D eigenvalue weighted by Gasteiger charge is -2.23. The standard InChI is InChI=1S/C19H22N2O2S/c1-13-8-14(2)10-16(9-13)20-19(24)21(3)12-15-4-5-17-18(11-15)23-7-6-22-17/h4-5,8-11H,6-7,12H2,1-3H3,(H,20,24). The molecule has 0 unspecified atom stereocenters. The minimum absolute atomic E-state index is 0.596. The molecule has 126 valence electrons. The van der Waals surface area contributed by atoms with Gasteiger partial charge in [-0.25, -0.2) is 0 Å². The van der Waals surface area contributed by atoms with Crippen molar-refractivity contribution in [3.8, 4) is 11.5 Å². The van der Waals surface area contributed by atoms with Gasteiger partial charge in [-0.05, 0) is 67.0 Å². The molecule has 0 saturated heterocycles. The Labute approximate surface area is 148 Å². The van der Waals surface area contributed by atoms with Crippen molar-refractivity contribution in [1.82, 2.24) is 4.90 Å². The first-order valence-corrected chi connectivity index (χ1v) is 8.41. The highest BCUT2D eigenvalue weighted by Crippen LogP contribution is 2.31. The molecule has 1 aliphatic heterocycles. The zero-order chi connectivity index (χ0) is 17.1. The lowest BCUT2D eigenvalue weighted by atomic mass is 10.1. The third-order valence-electron chi connectivity index (χ3n) is 3.85. The van der Waals surface area contributed by atoms with Crippen molar-refractivity contribution in [1.29, 1.82) is 0 Å². The number of fused-ring (bicyclic) bond motifs is 1. The number of hydrogen-bond acceptors (Lipinski definition) is 3. The van der Waals surface area contributed by atoms with Crippen LogP contribution < -0.4 is 14.8 Å². The van der Waals surface area contributed by atoms with Crippen LogP contribution in [0.5, 0.6) is 11.5 Å². The number of aryl methyl sites for hydroxylation is 2. The maximum absolute atomic E-state index is 5.64. The topological polar surface area (TPSA) is 33.7 Å². The minimum atomic E-state index is 0.596. The van der Waals surface area contributed by atoms with E-state index >= 15 is 0 Å². The Balaban J connectivity index is 1.65. The molecule has 0 radical (unpaired) electrons. The average Bonchev–Trinajstić information content (AvgIpc) is 2.53. The normalized spacial score (nSPS) is 12.6. The van der Waals surface area contributed by atoms with Crippen molar-refractivity contribution in [2.45, 2.75) is 20.4 Å². The molecule has 4 nitrogen and oxygen atoms in total. The predicted molar refractivity (Wildman–Crippen MR) is 101 cm³/mol. The molecule has 1 N–H and O–H groups in total. The van der Waals surface area contributed by atoms with Crippen LogP contribution >= 0.6 is 12.2 Å². The maximum atomic E-state index is 5.64. The first-order chi connectivity index (χ1) is 11.5. The predicted octanol–water partition coefficient (Wildman–Crippen LogP) is 3.90. The van der Waals surface area contributed by atoms with E-state index in [0.29, 0.717) is 24.9 Å². The molecular weight excluding hydrogens is 320 g/mol. The maximum Gasteiger partial charge on any atom is 0.173 e. The van der Waals surface area contributed by atoms with Crippen LogP contribution in [-0.2, 0) is 6.54 Å². The van der Waals surface area contributed by atoms with E-state index < -0.39 is 0 Å².